The average Bonchev–Trinajstić information content (AvgIpc) is 1.41. The maximum atomic E-state index is 6.62. The molecular formula is C90H62N8. The molecule has 8 aromatic heterocycles. The van der Waals surface area contributed by atoms with Gasteiger partial charge in [0, 0.05) is 75.4 Å². The Kier molecular flexibility index (Phi) is 11.2. The number of aryl methyl sites for hydroxylation is 6. The van der Waals surface area contributed by atoms with E-state index in [1.807, 2.05) is 0 Å². The SMILES string of the molecule is Cc1cccc2c3ccccc3n(-c3nc4c(ccc5c(-n6c7ccccc7c7cccc(C)c76)c(-n6c7ccccc7c7cccc(C)c76)c(-n6c7ccccc7c7cccc(C)c76)nc54)c(-n4c5ccccc5c5cccc(C)c54)c3-n3c4ccccc4c4cccc(C)c43)c12. The van der Waals surface area contributed by atoms with Crippen molar-refractivity contribution in [2.75, 3.05) is 0 Å². The molecule has 0 atom stereocenters. The largest absolute Gasteiger partial charge is 0.306 e. The molecule has 8 nitrogen and oxygen atoms in total. The number of aromatic nitrogens is 8. The van der Waals surface area contributed by atoms with Crippen LogP contribution in [0.15, 0.2) is 267 Å². The molecule has 0 fully saturated rings. The molecule has 21 rings (SSSR count). The van der Waals surface area contributed by atoms with Crippen LogP contribution in [0.1, 0.15) is 33.4 Å². The Morgan fingerprint density at radius 2 is 0.367 bits per heavy atom. The fourth-order valence-electron chi connectivity index (χ4n) is 17.7. The second-order valence-corrected chi connectivity index (χ2v) is 27.1. The molecule has 98 heavy (non-hydrogen) atoms. The van der Waals surface area contributed by atoms with Crippen LogP contribution in [0.4, 0.5) is 0 Å². The van der Waals surface area contributed by atoms with Gasteiger partial charge in [-0.25, -0.2) is 9.97 Å². The molecule has 21 aromatic rings. The summed E-state index contributed by atoms with van der Waals surface area (Å²) in [6.45, 7) is 13.6. The van der Waals surface area contributed by atoms with Gasteiger partial charge in [-0.1, -0.05) is 218 Å². The Hall–Kier alpha value is -12.5. The lowest BCUT2D eigenvalue weighted by Gasteiger charge is -2.26. The number of para-hydroxylation sites is 12. The molecule has 0 saturated carbocycles. The van der Waals surface area contributed by atoms with Crippen molar-refractivity contribution in [2.24, 2.45) is 0 Å². The Balaban J connectivity index is 1.10. The summed E-state index contributed by atoms with van der Waals surface area (Å²) in [5, 5.41) is 16.0. The molecule has 13 aromatic carbocycles. The first-order valence-electron chi connectivity index (χ1n) is 34.0. The van der Waals surface area contributed by atoms with Gasteiger partial charge in [-0.2, -0.15) is 0 Å². The summed E-state index contributed by atoms with van der Waals surface area (Å²) in [4.78, 5) is 13.2. The quantitative estimate of drug-likeness (QED) is 0.156. The second kappa shape index (κ2) is 20.0. The molecule has 0 amide bonds. The van der Waals surface area contributed by atoms with Gasteiger partial charge in [-0.3, -0.25) is 9.13 Å². The average molecular weight is 1260 g/mol. The summed E-state index contributed by atoms with van der Waals surface area (Å²) < 4.78 is 15.3. The van der Waals surface area contributed by atoms with Crippen LogP contribution < -0.4 is 0 Å². The minimum Gasteiger partial charge on any atom is -0.306 e. The van der Waals surface area contributed by atoms with Crippen molar-refractivity contribution in [3.05, 3.63) is 300 Å². The third kappa shape index (κ3) is 7.12. The van der Waals surface area contributed by atoms with E-state index in [9.17, 15) is 0 Å². The Labute approximate surface area is 562 Å². The highest BCUT2D eigenvalue weighted by Gasteiger charge is 2.34. The van der Waals surface area contributed by atoms with Crippen LogP contribution >= 0.6 is 0 Å². The highest BCUT2D eigenvalue weighted by molar-refractivity contribution is 6.22. The summed E-state index contributed by atoms with van der Waals surface area (Å²) in [5.74, 6) is 1.58. The summed E-state index contributed by atoms with van der Waals surface area (Å²) >= 11 is 0. The van der Waals surface area contributed by atoms with Gasteiger partial charge in [-0.15, -0.1) is 0 Å². The Morgan fingerprint density at radius 3 is 0.612 bits per heavy atom. The molecule has 462 valence electrons. The van der Waals surface area contributed by atoms with Gasteiger partial charge in [0.2, 0.25) is 0 Å². The third-order valence-electron chi connectivity index (χ3n) is 21.7. The van der Waals surface area contributed by atoms with Crippen LogP contribution in [0.2, 0.25) is 0 Å². The van der Waals surface area contributed by atoms with Crippen LogP contribution in [0.5, 0.6) is 0 Å². The number of nitrogens with zero attached hydrogens (tertiary/aromatic N) is 8. The van der Waals surface area contributed by atoms with Gasteiger partial charge >= 0.3 is 0 Å². The smallest absolute Gasteiger partial charge is 0.165 e. The van der Waals surface area contributed by atoms with Gasteiger partial charge in [-0.05, 0) is 123 Å². The molecule has 0 spiro atoms. The summed E-state index contributed by atoms with van der Waals surface area (Å²) in [6.07, 6.45) is 0. The fraction of sp³-hybridized carbons (Fsp3) is 0.0667. The second-order valence-electron chi connectivity index (χ2n) is 27.1. The van der Waals surface area contributed by atoms with Gasteiger partial charge < -0.3 is 18.3 Å². The third-order valence-corrected chi connectivity index (χ3v) is 21.7. The number of rotatable bonds is 6. The molecule has 0 N–H and O–H groups in total. The maximum Gasteiger partial charge on any atom is 0.165 e. The lowest BCUT2D eigenvalue weighted by molar-refractivity contribution is 1.00. The fourth-order valence-corrected chi connectivity index (χ4v) is 17.7. The highest BCUT2D eigenvalue weighted by Crippen LogP contribution is 2.51. The molecule has 0 radical (unpaired) electrons. The zero-order chi connectivity index (χ0) is 65.1. The van der Waals surface area contributed by atoms with E-state index in [2.05, 4.69) is 336 Å². The first kappa shape index (κ1) is 54.8. The van der Waals surface area contributed by atoms with E-state index in [0.717, 1.165) is 166 Å². The van der Waals surface area contributed by atoms with Crippen molar-refractivity contribution in [1.29, 1.82) is 0 Å². The predicted molar refractivity (Wildman–Crippen MR) is 412 cm³/mol. The van der Waals surface area contributed by atoms with Crippen molar-refractivity contribution in [3.63, 3.8) is 0 Å². The van der Waals surface area contributed by atoms with Gasteiger partial charge in [0.1, 0.15) is 22.4 Å². The van der Waals surface area contributed by atoms with Crippen LogP contribution in [0, 0.1) is 41.5 Å². The topological polar surface area (TPSA) is 55.4 Å². The van der Waals surface area contributed by atoms with E-state index in [0.29, 0.717) is 0 Å². The van der Waals surface area contributed by atoms with Gasteiger partial charge in [0.05, 0.1) is 77.6 Å². The van der Waals surface area contributed by atoms with E-state index >= 15 is 0 Å². The van der Waals surface area contributed by atoms with Crippen molar-refractivity contribution in [2.45, 2.75) is 41.5 Å². The van der Waals surface area contributed by atoms with Crippen LogP contribution in [0.3, 0.4) is 0 Å². The van der Waals surface area contributed by atoms with Crippen molar-refractivity contribution in [1.82, 2.24) is 37.4 Å². The monoisotopic (exact) mass is 1250 g/mol. The molecule has 0 unspecified atom stereocenters. The zero-order valence-electron chi connectivity index (χ0n) is 55.0. The maximum absolute atomic E-state index is 6.62. The number of hydrogen-bond donors (Lipinski definition) is 0. The molecule has 0 aliphatic heterocycles. The normalized spacial score (nSPS) is 12.4. The van der Waals surface area contributed by atoms with Crippen LogP contribution in [-0.2, 0) is 0 Å². The van der Waals surface area contributed by atoms with E-state index in [4.69, 9.17) is 9.97 Å². The Morgan fingerprint density at radius 1 is 0.173 bits per heavy atom. The molecule has 0 aliphatic carbocycles. The standard InChI is InChI=1S/C90H62N8/c1-51-25-19-37-63-57-31-7-13-43-71(57)93(79(51)63)85-69-49-50-70-78(77(69)91-89(97-75-47-17-11-35-61(75)67-41-23-29-55(5)83(67)97)87(85)95-73-45-15-9-33-59(73)65-39-21-27-53(3)81(65)95)92-90(98-76-48-18-12-36-62(76)68-42-24-30-56(6)84(68)98)88(96-74-46-16-10-34-60(74)66-40-22-28-54(4)82(66)96)86(70)94-72-44-14-8-32-58(72)64-38-20-26-52(2)80(64)94/h7-50H,1-6H3. The number of pyridine rings is 2. The van der Waals surface area contributed by atoms with Gasteiger partial charge in [0.15, 0.2) is 11.6 Å². The predicted octanol–water partition coefficient (Wildman–Crippen LogP) is 23.2. The van der Waals surface area contributed by atoms with Crippen molar-refractivity contribution < 1.29 is 0 Å². The highest BCUT2D eigenvalue weighted by atomic mass is 15.2. The molecule has 8 heteroatoms. The van der Waals surface area contributed by atoms with E-state index in [1.54, 1.807) is 0 Å². The summed E-state index contributed by atoms with van der Waals surface area (Å²) in [6, 6.07) is 99.3. The van der Waals surface area contributed by atoms with E-state index in [1.165, 1.54) is 54.2 Å². The summed E-state index contributed by atoms with van der Waals surface area (Å²) in [5.41, 5.74) is 25.7. The number of fused-ring (bicyclic) bond motifs is 21. The zero-order valence-corrected chi connectivity index (χ0v) is 55.0. The lowest BCUT2D eigenvalue weighted by Crippen LogP contribution is -2.15. The van der Waals surface area contributed by atoms with Gasteiger partial charge in [0.25, 0.3) is 0 Å². The molecule has 8 heterocycles. The first-order chi connectivity index (χ1) is 48.2. The lowest BCUT2D eigenvalue weighted by atomic mass is 10.0. The van der Waals surface area contributed by atoms with Crippen LogP contribution in [0.25, 0.3) is 187 Å². The number of hydrogen-bond acceptors (Lipinski definition) is 2. The number of benzene rings is 13. The molecular weight excluding hydrogens is 1190 g/mol. The summed E-state index contributed by atoms with van der Waals surface area (Å²) in [7, 11) is 0. The van der Waals surface area contributed by atoms with Crippen molar-refractivity contribution in [3.8, 4) is 34.4 Å². The molecule has 0 aliphatic rings. The van der Waals surface area contributed by atoms with E-state index < -0.39 is 0 Å². The molecule has 0 saturated heterocycles. The minimum absolute atomic E-state index is 0.773. The first-order valence-corrected chi connectivity index (χ1v) is 34.0. The molecule has 0 bridgehead atoms. The minimum atomic E-state index is 0.773. The van der Waals surface area contributed by atoms with E-state index in [-0.39, 0.29) is 0 Å². The van der Waals surface area contributed by atoms with Crippen molar-refractivity contribution >= 4 is 153 Å². The Bertz CT molecular complexity index is 6710. The van der Waals surface area contributed by atoms with Crippen LogP contribution in [-0.4, -0.2) is 37.4 Å².